The maximum absolute atomic E-state index is 11.9. The first-order valence-electron chi connectivity index (χ1n) is 4.81. The van der Waals surface area contributed by atoms with Gasteiger partial charge in [0.25, 0.3) is 0 Å². The van der Waals surface area contributed by atoms with Crippen LogP contribution in [-0.4, -0.2) is 38.4 Å². The van der Waals surface area contributed by atoms with Crippen LogP contribution in [0.5, 0.6) is 0 Å². The van der Waals surface area contributed by atoms with Crippen LogP contribution < -0.4 is 10.5 Å². The van der Waals surface area contributed by atoms with Gasteiger partial charge in [-0.1, -0.05) is 6.92 Å². The van der Waals surface area contributed by atoms with Crippen molar-refractivity contribution in [2.45, 2.75) is 24.3 Å². The zero-order chi connectivity index (χ0) is 12.2. The third kappa shape index (κ3) is 2.94. The molecule has 0 saturated heterocycles. The smallest absolute Gasteiger partial charge is 0.246 e. The number of nitrogens with two attached hydrogens (primary N) is 1. The highest BCUT2D eigenvalue weighted by atomic mass is 32.2. The van der Waals surface area contributed by atoms with E-state index in [1.165, 1.54) is 13.3 Å². The van der Waals surface area contributed by atoms with Crippen LogP contribution in [0.2, 0.25) is 0 Å². The lowest BCUT2D eigenvalue weighted by Crippen LogP contribution is -2.37. The van der Waals surface area contributed by atoms with Crippen LogP contribution in [0, 0.1) is 0 Å². The number of aromatic amines is 1. The molecule has 0 amide bonds. The second-order valence-corrected chi connectivity index (χ2v) is 5.01. The minimum absolute atomic E-state index is 0.0276. The van der Waals surface area contributed by atoms with Gasteiger partial charge in [-0.15, -0.1) is 0 Å². The zero-order valence-corrected chi connectivity index (χ0v) is 10.0. The van der Waals surface area contributed by atoms with E-state index in [1.54, 1.807) is 0 Å². The van der Waals surface area contributed by atoms with Gasteiger partial charge in [0.15, 0.2) is 0 Å². The van der Waals surface area contributed by atoms with Gasteiger partial charge < -0.3 is 10.5 Å². The number of aromatic nitrogens is 2. The van der Waals surface area contributed by atoms with E-state index >= 15 is 0 Å². The Bertz CT molecular complexity index is 428. The number of rotatable bonds is 6. The summed E-state index contributed by atoms with van der Waals surface area (Å²) in [6, 6.07) is -0.274. The fourth-order valence-electron chi connectivity index (χ4n) is 1.22. The number of nitrogen functional groups attached to an aromatic ring is 1. The van der Waals surface area contributed by atoms with Crippen LogP contribution >= 0.6 is 0 Å². The second-order valence-electron chi connectivity index (χ2n) is 3.33. The molecule has 0 fully saturated rings. The molecule has 1 aromatic rings. The Kier molecular flexibility index (Phi) is 4.27. The van der Waals surface area contributed by atoms with Crippen LogP contribution in [-0.2, 0) is 14.8 Å². The molecule has 4 N–H and O–H groups in total. The lowest BCUT2D eigenvalue weighted by Gasteiger charge is -2.15. The first-order valence-corrected chi connectivity index (χ1v) is 6.29. The summed E-state index contributed by atoms with van der Waals surface area (Å²) < 4.78 is 31.1. The third-order valence-electron chi connectivity index (χ3n) is 2.10. The number of anilines is 1. The SMILES string of the molecule is CCC(COC)NS(=O)(=O)c1cn[nH]c1N. The van der Waals surface area contributed by atoms with Crippen LogP contribution in [0.3, 0.4) is 0 Å². The molecule has 0 aromatic carbocycles. The molecule has 92 valence electrons. The van der Waals surface area contributed by atoms with E-state index in [2.05, 4.69) is 14.9 Å². The minimum Gasteiger partial charge on any atom is -0.383 e. The number of sulfonamides is 1. The molecule has 1 aromatic heterocycles. The average Bonchev–Trinajstić information content (AvgIpc) is 2.64. The molecule has 1 atom stereocenters. The molecule has 0 bridgehead atoms. The number of hydrogen-bond acceptors (Lipinski definition) is 5. The number of hydrogen-bond donors (Lipinski definition) is 3. The molecule has 0 aliphatic rings. The Hall–Kier alpha value is -1.12. The van der Waals surface area contributed by atoms with Gasteiger partial charge in [-0.2, -0.15) is 5.10 Å². The molecule has 0 aliphatic heterocycles. The van der Waals surface area contributed by atoms with E-state index in [1.807, 2.05) is 6.92 Å². The van der Waals surface area contributed by atoms with Crippen molar-refractivity contribution in [1.29, 1.82) is 0 Å². The molecule has 1 heterocycles. The summed E-state index contributed by atoms with van der Waals surface area (Å²) in [4.78, 5) is -0.0398. The van der Waals surface area contributed by atoms with Gasteiger partial charge in [-0.05, 0) is 6.42 Å². The van der Waals surface area contributed by atoms with Crippen LogP contribution in [0.4, 0.5) is 5.82 Å². The van der Waals surface area contributed by atoms with Crippen LogP contribution in [0.25, 0.3) is 0 Å². The summed E-state index contributed by atoms with van der Waals surface area (Å²) in [7, 11) is -2.11. The number of nitrogens with one attached hydrogen (secondary N) is 2. The van der Waals surface area contributed by atoms with Crippen LogP contribution in [0.15, 0.2) is 11.1 Å². The predicted octanol–water partition coefficient (Wildman–Crippen LogP) is -0.305. The van der Waals surface area contributed by atoms with Gasteiger partial charge in [0, 0.05) is 13.2 Å². The second kappa shape index (κ2) is 5.28. The first kappa shape index (κ1) is 12.9. The molecule has 0 radical (unpaired) electrons. The summed E-state index contributed by atoms with van der Waals surface area (Å²) in [6.45, 7) is 2.18. The maximum Gasteiger partial charge on any atom is 0.246 e. The van der Waals surface area contributed by atoms with Crippen molar-refractivity contribution in [2.24, 2.45) is 0 Å². The topological polar surface area (TPSA) is 110 Å². The highest BCUT2D eigenvalue weighted by Crippen LogP contribution is 2.14. The van der Waals surface area contributed by atoms with Crippen molar-refractivity contribution in [1.82, 2.24) is 14.9 Å². The van der Waals surface area contributed by atoms with Crippen molar-refractivity contribution in [3.63, 3.8) is 0 Å². The molecule has 1 rings (SSSR count). The third-order valence-corrected chi connectivity index (χ3v) is 3.65. The molecular formula is C8H16N4O3S. The Morgan fingerprint density at radius 2 is 2.38 bits per heavy atom. The average molecular weight is 248 g/mol. The Morgan fingerprint density at radius 1 is 1.69 bits per heavy atom. The summed E-state index contributed by atoms with van der Waals surface area (Å²) in [5.74, 6) is 0.0276. The lowest BCUT2D eigenvalue weighted by molar-refractivity contribution is 0.173. The fraction of sp³-hybridized carbons (Fsp3) is 0.625. The molecule has 16 heavy (non-hydrogen) atoms. The van der Waals surface area contributed by atoms with Crippen molar-refractivity contribution in [2.75, 3.05) is 19.5 Å². The van der Waals surface area contributed by atoms with Crippen molar-refractivity contribution < 1.29 is 13.2 Å². The van der Waals surface area contributed by atoms with Crippen molar-refractivity contribution in [3.05, 3.63) is 6.20 Å². The largest absolute Gasteiger partial charge is 0.383 e. The Balaban J connectivity index is 2.83. The quantitative estimate of drug-likeness (QED) is 0.640. The summed E-state index contributed by atoms with van der Waals surface area (Å²) in [5.41, 5.74) is 5.45. The molecular weight excluding hydrogens is 232 g/mol. The lowest BCUT2D eigenvalue weighted by atomic mass is 10.3. The minimum atomic E-state index is -3.63. The van der Waals surface area contributed by atoms with E-state index in [0.29, 0.717) is 13.0 Å². The Labute approximate surface area is 94.4 Å². The number of methoxy groups -OCH3 is 1. The zero-order valence-electron chi connectivity index (χ0n) is 9.23. The van der Waals surface area contributed by atoms with E-state index < -0.39 is 10.0 Å². The van der Waals surface area contributed by atoms with Crippen LogP contribution in [0.1, 0.15) is 13.3 Å². The molecule has 0 aliphatic carbocycles. The van der Waals surface area contributed by atoms with E-state index in [0.717, 1.165) is 0 Å². The van der Waals surface area contributed by atoms with Gasteiger partial charge >= 0.3 is 0 Å². The van der Waals surface area contributed by atoms with Gasteiger partial charge in [0.2, 0.25) is 10.0 Å². The van der Waals surface area contributed by atoms with Gasteiger partial charge in [0.1, 0.15) is 10.7 Å². The molecule has 1 unspecified atom stereocenters. The maximum atomic E-state index is 11.9. The first-order chi connectivity index (χ1) is 7.51. The molecule has 7 nitrogen and oxygen atoms in total. The van der Waals surface area contributed by atoms with Gasteiger partial charge in [-0.25, -0.2) is 13.1 Å². The summed E-state index contributed by atoms with van der Waals surface area (Å²) in [6.07, 6.45) is 1.81. The number of nitrogens with zero attached hydrogens (tertiary/aromatic N) is 1. The van der Waals surface area contributed by atoms with E-state index in [-0.39, 0.29) is 16.8 Å². The summed E-state index contributed by atoms with van der Waals surface area (Å²) in [5, 5.41) is 5.94. The van der Waals surface area contributed by atoms with Gasteiger partial charge in [-0.3, -0.25) is 5.10 Å². The normalized spacial score (nSPS) is 13.9. The standard InChI is InChI=1S/C8H16N4O3S/c1-3-6(5-15-2)12-16(13,14)7-4-10-11-8(7)9/h4,6,12H,3,5H2,1-2H3,(H3,9,10,11). The number of H-pyrrole nitrogens is 1. The highest BCUT2D eigenvalue weighted by Gasteiger charge is 2.22. The molecule has 0 saturated carbocycles. The van der Waals surface area contributed by atoms with E-state index in [9.17, 15) is 8.42 Å². The predicted molar refractivity (Wildman–Crippen MR) is 59.3 cm³/mol. The highest BCUT2D eigenvalue weighted by molar-refractivity contribution is 7.89. The van der Waals surface area contributed by atoms with Crippen molar-refractivity contribution >= 4 is 15.8 Å². The monoisotopic (exact) mass is 248 g/mol. The Morgan fingerprint density at radius 3 is 2.81 bits per heavy atom. The molecule has 8 heteroatoms. The molecule has 0 spiro atoms. The summed E-state index contributed by atoms with van der Waals surface area (Å²) >= 11 is 0. The number of ether oxygens (including phenoxy) is 1. The fourth-order valence-corrected chi connectivity index (χ4v) is 2.55. The van der Waals surface area contributed by atoms with Crippen molar-refractivity contribution in [3.8, 4) is 0 Å². The van der Waals surface area contributed by atoms with E-state index in [4.69, 9.17) is 10.5 Å². The van der Waals surface area contributed by atoms with Gasteiger partial charge in [0.05, 0.1) is 12.8 Å².